The molecule has 0 spiro atoms. The Morgan fingerprint density at radius 2 is 1.80 bits per heavy atom. The maximum Gasteiger partial charge on any atom is 0.317 e. The number of carbonyl (C=O) groups is 1. The highest BCUT2D eigenvalue weighted by Crippen LogP contribution is 2.28. The molecule has 2 saturated heterocycles. The molecule has 1 unspecified atom stereocenters. The van der Waals surface area contributed by atoms with Crippen LogP contribution in [0.1, 0.15) is 56.1 Å². The molecule has 3 aliphatic rings. The molecule has 162 valence electrons. The largest absolute Gasteiger partial charge is 0.480 e. The standard InChI is InChI=1S/C23H32N4O3/c24-23(27-10-2-1-3-11-27)19-6-4-18(5-7-19)21-15-20(30-25-21)14-17-8-12-26(13-9-17)16-22(28)29/h4-7,17,20,24H,1-3,8-16H2,(H,28,29). The Kier molecular flexibility index (Phi) is 6.67. The van der Waals surface area contributed by atoms with E-state index in [0.717, 1.165) is 68.7 Å². The molecule has 0 aromatic heterocycles. The van der Waals surface area contributed by atoms with Gasteiger partial charge in [0.2, 0.25) is 0 Å². The number of benzene rings is 1. The molecule has 0 bridgehead atoms. The van der Waals surface area contributed by atoms with E-state index in [1.807, 2.05) is 17.0 Å². The lowest BCUT2D eigenvalue weighted by Crippen LogP contribution is -2.38. The smallest absolute Gasteiger partial charge is 0.317 e. The highest BCUT2D eigenvalue weighted by molar-refractivity contribution is 6.02. The molecule has 1 aromatic rings. The predicted molar refractivity (Wildman–Crippen MR) is 116 cm³/mol. The third kappa shape index (κ3) is 5.19. The van der Waals surface area contributed by atoms with Gasteiger partial charge in [-0.2, -0.15) is 0 Å². The van der Waals surface area contributed by atoms with Crippen molar-refractivity contribution in [1.82, 2.24) is 9.80 Å². The lowest BCUT2D eigenvalue weighted by atomic mass is 9.89. The lowest BCUT2D eigenvalue weighted by molar-refractivity contribution is -0.138. The maximum absolute atomic E-state index is 10.8. The lowest BCUT2D eigenvalue weighted by Gasteiger charge is -2.31. The normalized spacial score (nSPS) is 23.1. The number of nitrogens with zero attached hydrogens (tertiary/aromatic N) is 3. The Balaban J connectivity index is 1.25. The van der Waals surface area contributed by atoms with Crippen LogP contribution in [0.5, 0.6) is 0 Å². The summed E-state index contributed by atoms with van der Waals surface area (Å²) in [5.74, 6) is 0.447. The second kappa shape index (κ2) is 9.60. The van der Waals surface area contributed by atoms with E-state index in [0.29, 0.717) is 11.8 Å². The number of nitrogens with one attached hydrogen (secondary N) is 1. The van der Waals surface area contributed by atoms with Crippen LogP contribution in [-0.4, -0.2) is 71.3 Å². The molecule has 7 nitrogen and oxygen atoms in total. The van der Waals surface area contributed by atoms with Gasteiger partial charge in [0.1, 0.15) is 11.9 Å². The van der Waals surface area contributed by atoms with Crippen molar-refractivity contribution in [3.8, 4) is 0 Å². The quantitative estimate of drug-likeness (QED) is 0.553. The number of aliphatic carboxylic acids is 1. The van der Waals surface area contributed by atoms with Gasteiger partial charge in [-0.3, -0.25) is 15.1 Å². The first-order chi connectivity index (χ1) is 14.6. The van der Waals surface area contributed by atoms with Crippen molar-refractivity contribution in [3.63, 3.8) is 0 Å². The number of carboxylic acids is 1. The average molecular weight is 413 g/mol. The molecule has 0 saturated carbocycles. The molecule has 3 aliphatic heterocycles. The summed E-state index contributed by atoms with van der Waals surface area (Å²) < 4.78 is 0. The van der Waals surface area contributed by atoms with Gasteiger partial charge in [0.05, 0.1) is 12.3 Å². The molecule has 7 heteroatoms. The van der Waals surface area contributed by atoms with Crippen LogP contribution in [0.2, 0.25) is 0 Å². The van der Waals surface area contributed by atoms with Gasteiger partial charge in [0.15, 0.2) is 0 Å². The van der Waals surface area contributed by atoms with Gasteiger partial charge in [-0.05, 0) is 63.1 Å². The Bertz CT molecular complexity index is 778. The minimum absolute atomic E-state index is 0.113. The fourth-order valence-corrected chi connectivity index (χ4v) is 4.79. The van der Waals surface area contributed by atoms with Crippen molar-refractivity contribution in [2.24, 2.45) is 11.1 Å². The number of hydrogen-bond acceptors (Lipinski definition) is 5. The first-order valence-corrected chi connectivity index (χ1v) is 11.2. The van der Waals surface area contributed by atoms with E-state index in [-0.39, 0.29) is 12.6 Å². The van der Waals surface area contributed by atoms with Crippen LogP contribution in [0.4, 0.5) is 0 Å². The third-order valence-electron chi connectivity index (χ3n) is 6.56. The SMILES string of the molecule is N=C(c1ccc(C2=NOC(CC3CCN(CC(=O)O)CC3)C2)cc1)N1CCCCC1. The fourth-order valence-electron chi connectivity index (χ4n) is 4.79. The number of rotatable bonds is 6. The summed E-state index contributed by atoms with van der Waals surface area (Å²) in [7, 11) is 0. The van der Waals surface area contributed by atoms with Crippen molar-refractivity contribution in [1.29, 1.82) is 5.41 Å². The van der Waals surface area contributed by atoms with E-state index in [4.69, 9.17) is 15.4 Å². The van der Waals surface area contributed by atoms with E-state index < -0.39 is 5.97 Å². The Morgan fingerprint density at radius 1 is 1.10 bits per heavy atom. The van der Waals surface area contributed by atoms with Gasteiger partial charge in [-0.15, -0.1) is 0 Å². The molecule has 0 amide bonds. The molecule has 2 N–H and O–H groups in total. The zero-order chi connectivity index (χ0) is 20.9. The second-order valence-electron chi connectivity index (χ2n) is 8.79. The minimum Gasteiger partial charge on any atom is -0.480 e. The Morgan fingerprint density at radius 3 is 2.47 bits per heavy atom. The second-order valence-corrected chi connectivity index (χ2v) is 8.79. The van der Waals surface area contributed by atoms with E-state index in [1.165, 1.54) is 19.3 Å². The summed E-state index contributed by atoms with van der Waals surface area (Å²) in [6, 6.07) is 8.17. The Hall–Kier alpha value is -2.41. The van der Waals surface area contributed by atoms with Crippen LogP contribution in [-0.2, 0) is 9.63 Å². The van der Waals surface area contributed by atoms with Crippen LogP contribution >= 0.6 is 0 Å². The molecule has 30 heavy (non-hydrogen) atoms. The van der Waals surface area contributed by atoms with Crippen molar-refractivity contribution in [2.45, 2.75) is 51.0 Å². The zero-order valence-electron chi connectivity index (χ0n) is 17.6. The average Bonchev–Trinajstić information content (AvgIpc) is 3.23. The summed E-state index contributed by atoms with van der Waals surface area (Å²) in [6.07, 6.45) is 7.58. The van der Waals surface area contributed by atoms with Crippen LogP contribution in [0.25, 0.3) is 0 Å². The molecule has 3 heterocycles. The summed E-state index contributed by atoms with van der Waals surface area (Å²) in [5.41, 5.74) is 3.02. The van der Waals surface area contributed by atoms with E-state index in [1.54, 1.807) is 0 Å². The van der Waals surface area contributed by atoms with Crippen LogP contribution in [0.3, 0.4) is 0 Å². The van der Waals surface area contributed by atoms with Gasteiger partial charge >= 0.3 is 5.97 Å². The number of oxime groups is 1. The number of hydrogen-bond donors (Lipinski definition) is 2. The highest BCUT2D eigenvalue weighted by Gasteiger charge is 2.28. The van der Waals surface area contributed by atoms with Crippen molar-refractivity contribution in [3.05, 3.63) is 35.4 Å². The maximum atomic E-state index is 10.8. The third-order valence-corrected chi connectivity index (χ3v) is 6.56. The molecule has 1 atom stereocenters. The molecule has 4 rings (SSSR count). The van der Waals surface area contributed by atoms with Gasteiger partial charge in [-0.1, -0.05) is 29.4 Å². The van der Waals surface area contributed by atoms with Crippen LogP contribution in [0.15, 0.2) is 29.4 Å². The highest BCUT2D eigenvalue weighted by atomic mass is 16.6. The number of likely N-dealkylation sites (tertiary alicyclic amines) is 2. The monoisotopic (exact) mass is 412 g/mol. The zero-order valence-corrected chi connectivity index (χ0v) is 17.6. The van der Waals surface area contributed by atoms with Crippen LogP contribution in [0, 0.1) is 11.3 Å². The van der Waals surface area contributed by atoms with Crippen molar-refractivity contribution < 1.29 is 14.7 Å². The van der Waals surface area contributed by atoms with Gasteiger partial charge < -0.3 is 14.8 Å². The molecular formula is C23H32N4O3. The molecule has 2 fully saturated rings. The first kappa shape index (κ1) is 20.8. The Labute approximate surface area is 178 Å². The summed E-state index contributed by atoms with van der Waals surface area (Å²) >= 11 is 0. The molecule has 0 aliphatic carbocycles. The molecule has 0 radical (unpaired) electrons. The predicted octanol–water partition coefficient (Wildman–Crippen LogP) is 3.18. The number of piperidine rings is 2. The fraction of sp³-hybridized carbons (Fsp3) is 0.609. The van der Waals surface area contributed by atoms with Gasteiger partial charge in [-0.25, -0.2) is 0 Å². The van der Waals surface area contributed by atoms with Crippen molar-refractivity contribution in [2.75, 3.05) is 32.7 Å². The summed E-state index contributed by atoms with van der Waals surface area (Å²) in [4.78, 5) is 20.7. The van der Waals surface area contributed by atoms with Crippen LogP contribution < -0.4 is 0 Å². The van der Waals surface area contributed by atoms with Gasteiger partial charge in [0, 0.05) is 25.1 Å². The summed E-state index contributed by atoms with van der Waals surface area (Å²) in [5, 5.41) is 21.7. The minimum atomic E-state index is -0.747. The van der Waals surface area contributed by atoms with E-state index in [2.05, 4.69) is 22.2 Å². The van der Waals surface area contributed by atoms with E-state index in [9.17, 15) is 4.79 Å². The van der Waals surface area contributed by atoms with E-state index >= 15 is 0 Å². The topological polar surface area (TPSA) is 89.2 Å². The number of amidine groups is 1. The number of carboxylic acid groups (broad SMARTS) is 1. The van der Waals surface area contributed by atoms with Crippen molar-refractivity contribution >= 4 is 17.5 Å². The summed E-state index contributed by atoms with van der Waals surface area (Å²) in [6.45, 7) is 3.81. The van der Waals surface area contributed by atoms with Gasteiger partial charge in [0.25, 0.3) is 0 Å². The first-order valence-electron chi connectivity index (χ1n) is 11.2. The molecule has 1 aromatic carbocycles. The molecular weight excluding hydrogens is 380 g/mol.